The van der Waals surface area contributed by atoms with E-state index in [1.165, 1.54) is 0 Å². The molecule has 1 fully saturated rings. The van der Waals surface area contributed by atoms with Crippen LogP contribution >= 0.6 is 0 Å². The molecule has 12 heavy (non-hydrogen) atoms. The molecule has 68 valence electrons. The number of rotatable bonds is 1. The highest BCUT2D eigenvalue weighted by atomic mass is 32.2. The first-order chi connectivity index (χ1) is 5.42. The maximum atomic E-state index is 10.7. The summed E-state index contributed by atoms with van der Waals surface area (Å²) in [5.74, 6) is -1.42. The summed E-state index contributed by atoms with van der Waals surface area (Å²) in [4.78, 5) is 20.1. The molecule has 1 unspecified atom stereocenters. The Balaban J connectivity index is 2.80. The molecule has 0 aliphatic carbocycles. The van der Waals surface area contributed by atoms with E-state index in [2.05, 4.69) is 0 Å². The average Bonchev–Trinajstić information content (AvgIpc) is 1.83. The highest BCUT2D eigenvalue weighted by molar-refractivity contribution is 7.90. The van der Waals surface area contributed by atoms with Gasteiger partial charge in [-0.05, 0) is 0 Å². The van der Waals surface area contributed by atoms with Gasteiger partial charge in [0.15, 0.2) is 0 Å². The first-order valence-electron chi connectivity index (χ1n) is 3.10. The van der Waals surface area contributed by atoms with E-state index in [0.29, 0.717) is 0 Å². The number of amides is 1. The Morgan fingerprint density at radius 1 is 1.58 bits per heavy atom. The molecule has 7 nitrogen and oxygen atoms in total. The van der Waals surface area contributed by atoms with E-state index in [0.717, 1.165) is 0 Å². The molecule has 1 amide bonds. The summed E-state index contributed by atoms with van der Waals surface area (Å²) in [6.45, 7) is 0. The highest BCUT2D eigenvalue weighted by Gasteiger charge is 2.38. The molecule has 0 aromatic heterocycles. The van der Waals surface area contributed by atoms with Crippen molar-refractivity contribution in [1.29, 1.82) is 0 Å². The summed E-state index contributed by atoms with van der Waals surface area (Å²) in [5.41, 5.74) is 0. The molecule has 0 aromatic rings. The zero-order chi connectivity index (χ0) is 9.35. The Kier molecular flexibility index (Phi) is 2.01. The maximum Gasteiger partial charge on any atom is 0.308 e. The molecule has 0 bridgehead atoms. The van der Waals surface area contributed by atoms with Crippen LogP contribution in [0, 0.1) is 10.1 Å². The van der Waals surface area contributed by atoms with Crippen molar-refractivity contribution in [2.45, 2.75) is 12.5 Å². The van der Waals surface area contributed by atoms with Crippen LogP contribution in [0.25, 0.3) is 0 Å². The summed E-state index contributed by atoms with van der Waals surface area (Å²) in [5, 5.41) is 10.1. The van der Waals surface area contributed by atoms with Crippen molar-refractivity contribution in [2.24, 2.45) is 0 Å². The zero-order valence-corrected chi connectivity index (χ0v) is 6.70. The van der Waals surface area contributed by atoms with Gasteiger partial charge in [-0.15, -0.1) is 0 Å². The monoisotopic (exact) mass is 194 g/mol. The summed E-state index contributed by atoms with van der Waals surface area (Å²) in [6.07, 6.45) is -0.249. The van der Waals surface area contributed by atoms with Crippen molar-refractivity contribution in [2.75, 3.05) is 5.75 Å². The number of carbonyl (C=O) groups excluding carboxylic acids is 1. The van der Waals surface area contributed by atoms with Gasteiger partial charge in [-0.1, -0.05) is 0 Å². The fraction of sp³-hybridized carbons (Fsp3) is 0.750. The number of nitrogens with zero attached hydrogens (tertiary/aromatic N) is 1. The van der Waals surface area contributed by atoms with E-state index >= 15 is 0 Å². The molecule has 1 aliphatic heterocycles. The second-order valence-electron chi connectivity index (χ2n) is 2.38. The van der Waals surface area contributed by atoms with Gasteiger partial charge in [0.1, 0.15) is 0 Å². The first-order valence-corrected chi connectivity index (χ1v) is 4.75. The number of nitrogens with one attached hydrogen (secondary N) is 1. The standard InChI is InChI=1S/C4H6N2O5S/c7-4-3(6(8)9)1-2-12(10,11)5-4/h3H,1-2H2,(H,5,7). The predicted molar refractivity (Wildman–Crippen MR) is 37.3 cm³/mol. The van der Waals surface area contributed by atoms with Gasteiger partial charge < -0.3 is 0 Å². The second-order valence-corrected chi connectivity index (χ2v) is 4.22. The summed E-state index contributed by atoms with van der Waals surface area (Å²) in [7, 11) is -3.60. The molecular formula is C4H6N2O5S. The zero-order valence-electron chi connectivity index (χ0n) is 5.89. The smallest absolute Gasteiger partial charge is 0.266 e. The minimum atomic E-state index is -3.60. The van der Waals surface area contributed by atoms with Crippen LogP contribution in [0.15, 0.2) is 0 Å². The number of carbonyl (C=O) groups is 1. The van der Waals surface area contributed by atoms with Gasteiger partial charge in [0.25, 0.3) is 6.04 Å². The van der Waals surface area contributed by atoms with Gasteiger partial charge in [0, 0.05) is 11.3 Å². The second kappa shape index (κ2) is 2.70. The lowest BCUT2D eigenvalue weighted by Crippen LogP contribution is -2.49. The Labute approximate surface area is 68.0 Å². The van der Waals surface area contributed by atoms with Crippen LogP contribution in [0.3, 0.4) is 0 Å². The molecule has 8 heteroatoms. The minimum absolute atomic E-state index is 0.249. The van der Waals surface area contributed by atoms with Crippen molar-refractivity contribution in [3.05, 3.63) is 10.1 Å². The lowest BCUT2D eigenvalue weighted by atomic mass is 10.2. The van der Waals surface area contributed by atoms with Gasteiger partial charge in [0.2, 0.25) is 10.0 Å². The fourth-order valence-electron chi connectivity index (χ4n) is 0.871. The Morgan fingerprint density at radius 2 is 2.17 bits per heavy atom. The summed E-state index contributed by atoms with van der Waals surface area (Å²) >= 11 is 0. The Bertz CT molecular complexity index is 320. The number of sulfonamides is 1. The molecule has 1 heterocycles. The molecular weight excluding hydrogens is 188 g/mol. The molecule has 1 rings (SSSR count). The van der Waals surface area contributed by atoms with Crippen LogP contribution in [0.4, 0.5) is 0 Å². The third-order valence-electron chi connectivity index (χ3n) is 1.47. The maximum absolute atomic E-state index is 10.7. The van der Waals surface area contributed by atoms with E-state index < -0.39 is 26.9 Å². The molecule has 1 aliphatic rings. The Morgan fingerprint density at radius 3 is 2.58 bits per heavy atom. The third-order valence-corrected chi connectivity index (χ3v) is 2.76. The molecule has 0 aromatic carbocycles. The summed E-state index contributed by atoms with van der Waals surface area (Å²) in [6, 6.07) is -1.42. The van der Waals surface area contributed by atoms with Crippen LogP contribution in [0.2, 0.25) is 0 Å². The summed E-state index contributed by atoms with van der Waals surface area (Å²) < 4.78 is 22.9. The molecule has 1 saturated heterocycles. The first kappa shape index (κ1) is 8.91. The van der Waals surface area contributed by atoms with Gasteiger partial charge in [0.05, 0.1) is 5.75 Å². The minimum Gasteiger partial charge on any atom is -0.266 e. The lowest BCUT2D eigenvalue weighted by Gasteiger charge is -2.15. The third kappa shape index (κ3) is 1.70. The highest BCUT2D eigenvalue weighted by Crippen LogP contribution is 2.06. The van der Waals surface area contributed by atoms with Crippen LogP contribution in [-0.2, 0) is 14.8 Å². The topological polar surface area (TPSA) is 106 Å². The van der Waals surface area contributed by atoms with Gasteiger partial charge in [-0.3, -0.25) is 14.9 Å². The molecule has 0 radical (unpaired) electrons. The van der Waals surface area contributed by atoms with Crippen molar-refractivity contribution in [3.63, 3.8) is 0 Å². The number of hydrogen-bond donors (Lipinski definition) is 1. The fourth-order valence-corrected chi connectivity index (χ4v) is 1.95. The molecule has 1 atom stereocenters. The van der Waals surface area contributed by atoms with Crippen LogP contribution < -0.4 is 4.72 Å². The van der Waals surface area contributed by atoms with Crippen LogP contribution in [0.1, 0.15) is 6.42 Å². The van der Waals surface area contributed by atoms with Gasteiger partial charge >= 0.3 is 5.91 Å². The van der Waals surface area contributed by atoms with Gasteiger partial charge in [-0.2, -0.15) is 0 Å². The van der Waals surface area contributed by atoms with Crippen molar-refractivity contribution < 1.29 is 18.1 Å². The molecule has 0 saturated carbocycles. The molecule has 0 spiro atoms. The van der Waals surface area contributed by atoms with Crippen molar-refractivity contribution in [1.82, 2.24) is 4.72 Å². The van der Waals surface area contributed by atoms with E-state index in [4.69, 9.17) is 0 Å². The largest absolute Gasteiger partial charge is 0.308 e. The van der Waals surface area contributed by atoms with Gasteiger partial charge in [-0.25, -0.2) is 13.1 Å². The quantitative estimate of drug-likeness (QED) is 0.403. The average molecular weight is 194 g/mol. The number of nitro groups is 1. The van der Waals surface area contributed by atoms with Crippen molar-refractivity contribution >= 4 is 15.9 Å². The van der Waals surface area contributed by atoms with E-state index in [-0.39, 0.29) is 12.2 Å². The van der Waals surface area contributed by atoms with Crippen molar-refractivity contribution in [3.8, 4) is 0 Å². The SMILES string of the molecule is O=C1NS(=O)(=O)CCC1[N+](=O)[O-]. The lowest BCUT2D eigenvalue weighted by molar-refractivity contribution is -0.508. The molecule has 1 N–H and O–H groups in total. The van der Waals surface area contributed by atoms with Crippen LogP contribution in [0.5, 0.6) is 0 Å². The van der Waals surface area contributed by atoms with E-state index in [1.54, 1.807) is 4.72 Å². The van der Waals surface area contributed by atoms with E-state index in [9.17, 15) is 23.3 Å². The normalized spacial score (nSPS) is 27.7. The number of hydrogen-bond acceptors (Lipinski definition) is 5. The predicted octanol–water partition coefficient (Wildman–Crippen LogP) is -1.52. The Hall–Kier alpha value is -1.18. The van der Waals surface area contributed by atoms with Crippen LogP contribution in [-0.4, -0.2) is 31.0 Å². The van der Waals surface area contributed by atoms with E-state index in [1.807, 2.05) is 0 Å².